The molecule has 0 fully saturated rings. The van der Waals surface area contributed by atoms with Gasteiger partial charge in [0.1, 0.15) is 5.82 Å². The van der Waals surface area contributed by atoms with Gasteiger partial charge in [0, 0.05) is 6.20 Å². The standard InChI is InChI=1S/C19H21N3O/c1-3-4-12-23-19-16(6-5-11-20-19)18-21-13-17(22-18)15-9-7-14(2)8-10-15/h5-11,13H,3-4,12H2,1-2H3,(H,21,22). The molecular formula is C19H21N3O. The molecule has 1 N–H and O–H groups in total. The topological polar surface area (TPSA) is 50.8 Å². The second kappa shape index (κ2) is 7.09. The van der Waals surface area contributed by atoms with Gasteiger partial charge in [0.25, 0.3) is 0 Å². The van der Waals surface area contributed by atoms with Gasteiger partial charge in [-0.3, -0.25) is 0 Å². The first-order valence-electron chi connectivity index (χ1n) is 7.98. The van der Waals surface area contributed by atoms with Crippen LogP contribution in [0.1, 0.15) is 25.3 Å². The predicted molar refractivity (Wildman–Crippen MR) is 92.4 cm³/mol. The molecular weight excluding hydrogens is 286 g/mol. The van der Waals surface area contributed by atoms with Crippen molar-refractivity contribution in [3.8, 4) is 28.5 Å². The first-order chi connectivity index (χ1) is 11.3. The summed E-state index contributed by atoms with van der Waals surface area (Å²) in [7, 11) is 0. The summed E-state index contributed by atoms with van der Waals surface area (Å²) in [4.78, 5) is 12.2. The number of aryl methyl sites for hydroxylation is 1. The number of unbranched alkanes of at least 4 members (excludes halogenated alkanes) is 1. The lowest BCUT2D eigenvalue weighted by molar-refractivity contribution is 0.299. The third-order valence-electron chi connectivity index (χ3n) is 3.70. The van der Waals surface area contributed by atoms with E-state index in [1.807, 2.05) is 18.3 Å². The number of hydrogen-bond donors (Lipinski definition) is 1. The van der Waals surface area contributed by atoms with E-state index in [9.17, 15) is 0 Å². The number of aromatic nitrogens is 3. The van der Waals surface area contributed by atoms with Gasteiger partial charge in [0.15, 0.2) is 0 Å². The van der Waals surface area contributed by atoms with E-state index in [0.717, 1.165) is 35.5 Å². The molecule has 2 aromatic heterocycles. The molecule has 0 atom stereocenters. The third-order valence-corrected chi connectivity index (χ3v) is 3.70. The lowest BCUT2D eigenvalue weighted by Gasteiger charge is -2.08. The quantitative estimate of drug-likeness (QED) is 0.676. The molecule has 0 aliphatic carbocycles. The SMILES string of the molecule is CCCCOc1ncccc1-c1ncc(-c2ccc(C)cc2)[nH]1. The summed E-state index contributed by atoms with van der Waals surface area (Å²) in [6.07, 6.45) is 5.71. The maximum Gasteiger partial charge on any atom is 0.224 e. The molecule has 0 aliphatic heterocycles. The zero-order chi connectivity index (χ0) is 16.1. The van der Waals surface area contributed by atoms with Crippen LogP contribution in [0, 0.1) is 6.92 Å². The third kappa shape index (κ3) is 3.59. The van der Waals surface area contributed by atoms with Crippen LogP contribution in [0.3, 0.4) is 0 Å². The Morgan fingerprint density at radius 3 is 2.70 bits per heavy atom. The molecule has 4 heteroatoms. The van der Waals surface area contributed by atoms with Gasteiger partial charge in [-0.1, -0.05) is 43.2 Å². The number of pyridine rings is 1. The summed E-state index contributed by atoms with van der Waals surface area (Å²) < 4.78 is 5.79. The highest BCUT2D eigenvalue weighted by Gasteiger charge is 2.11. The van der Waals surface area contributed by atoms with E-state index in [2.05, 4.69) is 53.1 Å². The molecule has 1 aromatic carbocycles. The van der Waals surface area contributed by atoms with E-state index in [4.69, 9.17) is 4.74 Å². The number of hydrogen-bond acceptors (Lipinski definition) is 3. The van der Waals surface area contributed by atoms with Crippen LogP contribution in [0.15, 0.2) is 48.8 Å². The fourth-order valence-corrected chi connectivity index (χ4v) is 2.34. The minimum absolute atomic E-state index is 0.630. The molecule has 0 unspecified atom stereocenters. The second-order valence-corrected chi connectivity index (χ2v) is 5.57. The Kier molecular flexibility index (Phi) is 4.71. The van der Waals surface area contributed by atoms with Crippen molar-refractivity contribution in [1.29, 1.82) is 0 Å². The number of nitrogens with zero attached hydrogens (tertiary/aromatic N) is 2. The zero-order valence-corrected chi connectivity index (χ0v) is 13.5. The number of imidazole rings is 1. The second-order valence-electron chi connectivity index (χ2n) is 5.57. The van der Waals surface area contributed by atoms with Crippen molar-refractivity contribution in [2.45, 2.75) is 26.7 Å². The van der Waals surface area contributed by atoms with Gasteiger partial charge in [-0.15, -0.1) is 0 Å². The molecule has 3 aromatic rings. The highest BCUT2D eigenvalue weighted by molar-refractivity contribution is 5.67. The van der Waals surface area contributed by atoms with E-state index in [0.29, 0.717) is 12.5 Å². The Morgan fingerprint density at radius 1 is 1.09 bits per heavy atom. The van der Waals surface area contributed by atoms with Crippen LogP contribution >= 0.6 is 0 Å². The highest BCUT2D eigenvalue weighted by Crippen LogP contribution is 2.28. The van der Waals surface area contributed by atoms with Gasteiger partial charge in [-0.25, -0.2) is 9.97 Å². The van der Waals surface area contributed by atoms with Gasteiger partial charge < -0.3 is 9.72 Å². The molecule has 2 heterocycles. The normalized spacial score (nSPS) is 10.7. The Labute approximate surface area is 136 Å². The van der Waals surface area contributed by atoms with Crippen LogP contribution in [0.5, 0.6) is 5.88 Å². The van der Waals surface area contributed by atoms with E-state index in [1.54, 1.807) is 6.20 Å². The smallest absolute Gasteiger partial charge is 0.224 e. The Morgan fingerprint density at radius 2 is 1.91 bits per heavy atom. The summed E-state index contributed by atoms with van der Waals surface area (Å²) in [6.45, 7) is 4.90. The first-order valence-corrected chi connectivity index (χ1v) is 7.98. The summed E-state index contributed by atoms with van der Waals surface area (Å²) in [5.74, 6) is 1.41. The predicted octanol–water partition coefficient (Wildman–Crippen LogP) is 4.63. The average molecular weight is 307 g/mol. The Bertz CT molecular complexity index is 762. The van der Waals surface area contributed by atoms with Gasteiger partial charge in [0.2, 0.25) is 5.88 Å². The molecule has 0 amide bonds. The van der Waals surface area contributed by atoms with Gasteiger partial charge >= 0.3 is 0 Å². The van der Waals surface area contributed by atoms with E-state index < -0.39 is 0 Å². The van der Waals surface area contributed by atoms with Gasteiger partial charge in [-0.05, 0) is 31.0 Å². The summed E-state index contributed by atoms with van der Waals surface area (Å²) in [6, 6.07) is 12.3. The maximum atomic E-state index is 5.79. The molecule has 0 radical (unpaired) electrons. The molecule has 23 heavy (non-hydrogen) atoms. The van der Waals surface area contributed by atoms with Crippen LogP contribution in [0.25, 0.3) is 22.6 Å². The van der Waals surface area contributed by atoms with Gasteiger partial charge in [0.05, 0.1) is 24.1 Å². The lowest BCUT2D eigenvalue weighted by Crippen LogP contribution is -2.00. The minimum atomic E-state index is 0.630. The highest BCUT2D eigenvalue weighted by atomic mass is 16.5. The number of H-pyrrole nitrogens is 1. The van der Waals surface area contributed by atoms with Crippen LogP contribution < -0.4 is 4.74 Å². The average Bonchev–Trinajstić information content (AvgIpc) is 3.06. The van der Waals surface area contributed by atoms with E-state index in [-0.39, 0.29) is 0 Å². The van der Waals surface area contributed by atoms with Crippen molar-refractivity contribution in [2.75, 3.05) is 6.61 Å². The summed E-state index contributed by atoms with van der Waals surface area (Å²) in [5, 5.41) is 0. The van der Waals surface area contributed by atoms with Crippen molar-refractivity contribution in [3.63, 3.8) is 0 Å². The Balaban J connectivity index is 1.87. The molecule has 4 nitrogen and oxygen atoms in total. The van der Waals surface area contributed by atoms with Crippen LogP contribution in [-0.4, -0.2) is 21.6 Å². The van der Waals surface area contributed by atoms with E-state index >= 15 is 0 Å². The monoisotopic (exact) mass is 307 g/mol. The molecule has 0 aliphatic rings. The molecule has 0 saturated heterocycles. The summed E-state index contributed by atoms with van der Waals surface area (Å²) in [5.41, 5.74) is 4.24. The molecule has 0 spiro atoms. The number of nitrogens with one attached hydrogen (secondary N) is 1. The molecule has 0 saturated carbocycles. The lowest BCUT2D eigenvalue weighted by atomic mass is 10.1. The van der Waals surface area contributed by atoms with Crippen LogP contribution in [0.2, 0.25) is 0 Å². The minimum Gasteiger partial charge on any atom is -0.477 e. The van der Waals surface area contributed by atoms with Crippen molar-refractivity contribution in [2.24, 2.45) is 0 Å². The van der Waals surface area contributed by atoms with Crippen LogP contribution in [0.4, 0.5) is 0 Å². The van der Waals surface area contributed by atoms with Crippen molar-refractivity contribution < 1.29 is 4.74 Å². The maximum absolute atomic E-state index is 5.79. The van der Waals surface area contributed by atoms with Crippen molar-refractivity contribution in [3.05, 3.63) is 54.4 Å². The molecule has 0 bridgehead atoms. The zero-order valence-electron chi connectivity index (χ0n) is 13.5. The van der Waals surface area contributed by atoms with E-state index in [1.165, 1.54) is 5.56 Å². The number of ether oxygens (including phenoxy) is 1. The fraction of sp³-hybridized carbons (Fsp3) is 0.263. The largest absolute Gasteiger partial charge is 0.477 e. The first kappa shape index (κ1) is 15.3. The van der Waals surface area contributed by atoms with Crippen molar-refractivity contribution in [1.82, 2.24) is 15.0 Å². The Hall–Kier alpha value is -2.62. The molecule has 118 valence electrons. The van der Waals surface area contributed by atoms with Crippen molar-refractivity contribution >= 4 is 0 Å². The van der Waals surface area contributed by atoms with Crippen LogP contribution in [-0.2, 0) is 0 Å². The number of aromatic amines is 1. The number of benzene rings is 1. The number of rotatable bonds is 6. The molecule has 3 rings (SSSR count). The van der Waals surface area contributed by atoms with Gasteiger partial charge in [-0.2, -0.15) is 0 Å². The fourth-order valence-electron chi connectivity index (χ4n) is 2.34. The summed E-state index contributed by atoms with van der Waals surface area (Å²) >= 11 is 0.